The smallest absolute Gasteiger partial charge is 0.406 e. The highest BCUT2D eigenvalue weighted by Crippen LogP contribution is 2.42. The van der Waals surface area contributed by atoms with Crippen LogP contribution in [0.3, 0.4) is 0 Å². The summed E-state index contributed by atoms with van der Waals surface area (Å²) < 4.78 is 47.5. The molecule has 1 aliphatic carbocycles. The first kappa shape index (κ1) is 21.4. The molecule has 2 aromatic rings. The molecule has 1 saturated heterocycles. The zero-order valence-corrected chi connectivity index (χ0v) is 17.0. The number of ether oxygens (including phenoxy) is 2. The second-order valence-electron chi connectivity index (χ2n) is 7.83. The largest absolute Gasteiger partial charge is 0.573 e. The first-order valence-corrected chi connectivity index (χ1v) is 10.3. The van der Waals surface area contributed by atoms with E-state index in [1.54, 1.807) is 17.0 Å². The van der Waals surface area contributed by atoms with Gasteiger partial charge in [-0.05, 0) is 67.0 Å². The Labute approximate surface area is 179 Å². The number of nitrogens with zero attached hydrogens (tertiary/aromatic N) is 2. The number of benzene rings is 1. The number of carbonyl (C=O) groups is 1. The third kappa shape index (κ3) is 6.10. The molecule has 4 rings (SSSR count). The standard InChI is InChI=1S/C22H24F3N3O3.H2/c23-22(24,25)31-19-10-15(9-18(11-19)16-3-4-16)12-26-20-6-5-17(13-27-20)21(29)28-7-1-2-8-30-14-28;/h5-6,9-11,13,16H,1-4,7-8,12,14H2,(H,26,27);1H. The number of amides is 1. The minimum atomic E-state index is -4.73. The lowest BCUT2D eigenvalue weighted by molar-refractivity contribution is -0.274. The highest BCUT2D eigenvalue weighted by Gasteiger charge is 2.32. The van der Waals surface area contributed by atoms with Crippen molar-refractivity contribution < 1.29 is 28.9 Å². The molecule has 2 heterocycles. The van der Waals surface area contributed by atoms with Crippen molar-refractivity contribution in [2.24, 2.45) is 0 Å². The van der Waals surface area contributed by atoms with E-state index < -0.39 is 6.36 Å². The van der Waals surface area contributed by atoms with Crippen LogP contribution < -0.4 is 10.1 Å². The van der Waals surface area contributed by atoms with Gasteiger partial charge in [0.15, 0.2) is 0 Å². The van der Waals surface area contributed by atoms with Crippen molar-refractivity contribution in [1.29, 1.82) is 0 Å². The van der Waals surface area contributed by atoms with E-state index in [4.69, 9.17) is 4.74 Å². The molecule has 2 aliphatic rings. The number of carbonyl (C=O) groups excluding carboxylic acids is 1. The fourth-order valence-electron chi connectivity index (χ4n) is 3.54. The third-order valence-electron chi connectivity index (χ3n) is 5.26. The van der Waals surface area contributed by atoms with E-state index in [-0.39, 0.29) is 26.4 Å². The lowest BCUT2D eigenvalue weighted by Gasteiger charge is -2.19. The third-order valence-corrected chi connectivity index (χ3v) is 5.26. The van der Waals surface area contributed by atoms with Gasteiger partial charge >= 0.3 is 6.36 Å². The lowest BCUT2D eigenvalue weighted by Crippen LogP contribution is -2.32. The Morgan fingerprint density at radius 2 is 2.10 bits per heavy atom. The molecular formula is C22H26F3N3O3. The van der Waals surface area contributed by atoms with Crippen molar-refractivity contribution in [1.82, 2.24) is 9.88 Å². The second kappa shape index (κ2) is 9.13. The van der Waals surface area contributed by atoms with Crippen LogP contribution in [-0.2, 0) is 11.3 Å². The van der Waals surface area contributed by atoms with Crippen LogP contribution in [0.4, 0.5) is 19.0 Å². The molecule has 1 aliphatic heterocycles. The summed E-state index contributed by atoms with van der Waals surface area (Å²) in [6.45, 7) is 1.87. The van der Waals surface area contributed by atoms with Gasteiger partial charge < -0.3 is 19.7 Å². The number of hydrogen-bond acceptors (Lipinski definition) is 5. The van der Waals surface area contributed by atoms with E-state index in [2.05, 4.69) is 15.0 Å². The number of halogens is 3. The lowest BCUT2D eigenvalue weighted by atomic mass is 10.1. The van der Waals surface area contributed by atoms with Crippen LogP contribution in [0.15, 0.2) is 36.5 Å². The van der Waals surface area contributed by atoms with Crippen molar-refractivity contribution in [2.75, 3.05) is 25.2 Å². The van der Waals surface area contributed by atoms with Gasteiger partial charge in [0, 0.05) is 27.3 Å². The molecule has 6 nitrogen and oxygen atoms in total. The van der Waals surface area contributed by atoms with Crippen molar-refractivity contribution in [2.45, 2.75) is 44.5 Å². The average Bonchev–Trinajstić information content (AvgIpc) is 3.58. The zero-order chi connectivity index (χ0) is 21.8. The molecular weight excluding hydrogens is 411 g/mol. The monoisotopic (exact) mass is 437 g/mol. The highest BCUT2D eigenvalue weighted by molar-refractivity contribution is 5.94. The van der Waals surface area contributed by atoms with Crippen molar-refractivity contribution >= 4 is 11.7 Å². The van der Waals surface area contributed by atoms with Crippen molar-refractivity contribution in [3.63, 3.8) is 0 Å². The first-order chi connectivity index (χ1) is 14.9. The number of pyridine rings is 1. The molecule has 1 N–H and O–H groups in total. The molecule has 1 amide bonds. The Kier molecular flexibility index (Phi) is 6.31. The van der Waals surface area contributed by atoms with Gasteiger partial charge in [0.1, 0.15) is 18.3 Å². The first-order valence-electron chi connectivity index (χ1n) is 10.3. The van der Waals surface area contributed by atoms with Crippen LogP contribution in [-0.4, -0.2) is 42.0 Å². The Morgan fingerprint density at radius 1 is 1.26 bits per heavy atom. The van der Waals surface area contributed by atoms with E-state index in [9.17, 15) is 18.0 Å². The van der Waals surface area contributed by atoms with E-state index in [1.165, 1.54) is 18.3 Å². The average molecular weight is 437 g/mol. The fourth-order valence-corrected chi connectivity index (χ4v) is 3.54. The number of rotatable bonds is 6. The molecule has 0 bridgehead atoms. The summed E-state index contributed by atoms with van der Waals surface area (Å²) in [6.07, 6.45) is 0.549. The van der Waals surface area contributed by atoms with Gasteiger partial charge in [0.25, 0.3) is 5.91 Å². The van der Waals surface area contributed by atoms with Gasteiger partial charge in [-0.2, -0.15) is 0 Å². The van der Waals surface area contributed by atoms with Gasteiger partial charge in [-0.3, -0.25) is 4.79 Å². The maximum absolute atomic E-state index is 12.6. The van der Waals surface area contributed by atoms with Crippen LogP contribution >= 0.6 is 0 Å². The number of aromatic nitrogens is 1. The van der Waals surface area contributed by atoms with E-state index in [1.807, 2.05) is 6.07 Å². The summed E-state index contributed by atoms with van der Waals surface area (Å²) in [4.78, 5) is 18.5. The van der Waals surface area contributed by atoms with Crippen LogP contribution in [0.2, 0.25) is 0 Å². The predicted molar refractivity (Wildman–Crippen MR) is 110 cm³/mol. The molecule has 2 fully saturated rings. The predicted octanol–water partition coefficient (Wildman–Crippen LogP) is 4.93. The Morgan fingerprint density at radius 3 is 2.81 bits per heavy atom. The molecule has 1 aromatic heterocycles. The van der Waals surface area contributed by atoms with Crippen LogP contribution in [0.1, 0.15) is 54.5 Å². The van der Waals surface area contributed by atoms with Gasteiger partial charge in [-0.15, -0.1) is 13.2 Å². The molecule has 168 valence electrons. The van der Waals surface area contributed by atoms with Crippen molar-refractivity contribution in [3.8, 4) is 5.75 Å². The Hall–Kier alpha value is -2.81. The van der Waals surface area contributed by atoms with Crippen LogP contribution in [0, 0.1) is 0 Å². The number of alkyl halides is 3. The summed E-state index contributed by atoms with van der Waals surface area (Å²) in [5.41, 5.74) is 1.99. The van der Waals surface area contributed by atoms with Crippen molar-refractivity contribution in [3.05, 3.63) is 53.2 Å². The van der Waals surface area contributed by atoms with Gasteiger partial charge in [0.05, 0.1) is 5.56 Å². The number of hydrogen-bond donors (Lipinski definition) is 1. The van der Waals surface area contributed by atoms with Gasteiger partial charge in [-0.1, -0.05) is 6.07 Å². The summed E-state index contributed by atoms with van der Waals surface area (Å²) in [6, 6.07) is 8.10. The normalized spacial score (nSPS) is 17.2. The van der Waals surface area contributed by atoms with Gasteiger partial charge in [0.2, 0.25) is 0 Å². The number of nitrogens with one attached hydrogen (secondary N) is 1. The van der Waals surface area contributed by atoms with E-state index in [0.717, 1.165) is 31.2 Å². The SMILES string of the molecule is O=C(c1ccc(NCc2cc(OC(F)(F)F)cc(C3CC3)c2)nc1)N1CCCCOC1.[HH]. The quantitative estimate of drug-likeness (QED) is 0.695. The summed E-state index contributed by atoms with van der Waals surface area (Å²) in [5.74, 6) is 0.481. The summed E-state index contributed by atoms with van der Waals surface area (Å²) in [5, 5.41) is 3.10. The van der Waals surface area contributed by atoms with Gasteiger partial charge in [-0.25, -0.2) is 4.98 Å². The maximum atomic E-state index is 12.6. The van der Waals surface area contributed by atoms with Crippen LogP contribution in [0.5, 0.6) is 5.75 Å². The molecule has 0 radical (unpaired) electrons. The molecule has 1 aromatic carbocycles. The Bertz CT molecular complexity index is 913. The fraction of sp³-hybridized carbons (Fsp3) is 0.455. The molecule has 9 heteroatoms. The topological polar surface area (TPSA) is 63.7 Å². The zero-order valence-electron chi connectivity index (χ0n) is 17.0. The number of anilines is 1. The minimum Gasteiger partial charge on any atom is -0.406 e. The van der Waals surface area contributed by atoms with E-state index in [0.29, 0.717) is 36.0 Å². The molecule has 0 unspecified atom stereocenters. The van der Waals surface area contributed by atoms with E-state index >= 15 is 0 Å². The molecule has 0 atom stereocenters. The summed E-state index contributed by atoms with van der Waals surface area (Å²) >= 11 is 0. The molecule has 31 heavy (non-hydrogen) atoms. The second-order valence-corrected chi connectivity index (χ2v) is 7.83. The minimum absolute atomic E-state index is 0. The molecule has 0 spiro atoms. The maximum Gasteiger partial charge on any atom is 0.573 e. The Balaban J connectivity index is 0.00000289. The highest BCUT2D eigenvalue weighted by atomic mass is 19.4. The summed E-state index contributed by atoms with van der Waals surface area (Å²) in [7, 11) is 0. The molecule has 1 saturated carbocycles. The van der Waals surface area contributed by atoms with Crippen LogP contribution in [0.25, 0.3) is 0 Å².